The molecule has 0 aromatic heterocycles. The Kier molecular flexibility index (Phi) is 6.43. The smallest absolute Gasteiger partial charge is 0.248 e. The van der Waals surface area contributed by atoms with Gasteiger partial charge in [0.05, 0.1) is 0 Å². The molecule has 2 heteroatoms. The molecule has 0 aliphatic carbocycles. The normalized spacial score (nSPS) is 9.07. The van der Waals surface area contributed by atoms with Crippen molar-refractivity contribution in [3.05, 3.63) is 34.9 Å². The summed E-state index contributed by atoms with van der Waals surface area (Å²) >= 11 is 0. The molecule has 0 fully saturated rings. The zero-order valence-electron chi connectivity index (χ0n) is 10.1. The third-order valence-corrected chi connectivity index (χ3v) is 2.29. The van der Waals surface area contributed by atoms with E-state index in [0.717, 1.165) is 5.56 Å². The molecule has 0 heterocycles. The van der Waals surface area contributed by atoms with Crippen LogP contribution in [-0.2, 0) is 0 Å². The fraction of sp³-hybridized carbons (Fsp3) is 0.462. The minimum Gasteiger partial charge on any atom is -0.366 e. The highest BCUT2D eigenvalue weighted by Crippen LogP contribution is 2.08. The summed E-state index contributed by atoms with van der Waals surface area (Å²) in [5.74, 6) is -0.367. The summed E-state index contributed by atoms with van der Waals surface area (Å²) in [5, 5.41) is 0. The van der Waals surface area contributed by atoms with Gasteiger partial charge in [-0.05, 0) is 37.1 Å². The SMILES string of the molecule is CCCC.Cc1ccc(C(N)=O)cc1C. The number of carbonyl (C=O) groups is 1. The van der Waals surface area contributed by atoms with Crippen LogP contribution in [0.2, 0.25) is 0 Å². The quantitative estimate of drug-likeness (QED) is 0.795. The zero-order valence-corrected chi connectivity index (χ0v) is 10.1. The molecule has 0 aliphatic rings. The number of primary amides is 1. The number of aryl methyl sites for hydroxylation is 2. The minimum atomic E-state index is -0.367. The third-order valence-electron chi connectivity index (χ3n) is 2.29. The molecule has 15 heavy (non-hydrogen) atoms. The predicted octanol–water partition coefficient (Wildman–Crippen LogP) is 3.21. The maximum absolute atomic E-state index is 10.7. The van der Waals surface area contributed by atoms with Crippen molar-refractivity contribution >= 4 is 5.91 Å². The van der Waals surface area contributed by atoms with Gasteiger partial charge in [-0.25, -0.2) is 0 Å². The zero-order chi connectivity index (χ0) is 11.8. The number of amides is 1. The molecule has 0 atom stereocenters. The van der Waals surface area contributed by atoms with Gasteiger partial charge in [0.1, 0.15) is 0 Å². The first-order chi connectivity index (χ1) is 7.02. The minimum absolute atomic E-state index is 0.367. The van der Waals surface area contributed by atoms with Gasteiger partial charge in [0, 0.05) is 5.56 Å². The Morgan fingerprint density at radius 2 is 1.67 bits per heavy atom. The Morgan fingerprint density at radius 1 is 1.13 bits per heavy atom. The van der Waals surface area contributed by atoms with E-state index >= 15 is 0 Å². The van der Waals surface area contributed by atoms with Crippen molar-refractivity contribution in [2.75, 3.05) is 0 Å². The first-order valence-corrected chi connectivity index (χ1v) is 5.40. The van der Waals surface area contributed by atoms with Crippen molar-refractivity contribution in [1.82, 2.24) is 0 Å². The standard InChI is InChI=1S/C9H11NO.C4H10/c1-6-3-4-8(9(10)11)5-7(6)2;1-3-4-2/h3-5H,1-2H3,(H2,10,11);3-4H2,1-2H3. The van der Waals surface area contributed by atoms with E-state index in [1.807, 2.05) is 19.9 Å². The lowest BCUT2D eigenvalue weighted by Crippen LogP contribution is -2.10. The number of hydrogen-bond acceptors (Lipinski definition) is 1. The summed E-state index contributed by atoms with van der Waals surface area (Å²) in [6.45, 7) is 8.32. The first-order valence-electron chi connectivity index (χ1n) is 5.40. The fourth-order valence-electron chi connectivity index (χ4n) is 0.895. The first kappa shape index (κ1) is 13.7. The van der Waals surface area contributed by atoms with Crippen LogP contribution in [-0.4, -0.2) is 5.91 Å². The van der Waals surface area contributed by atoms with Crippen LogP contribution < -0.4 is 5.73 Å². The van der Waals surface area contributed by atoms with E-state index in [1.165, 1.54) is 18.4 Å². The van der Waals surface area contributed by atoms with E-state index in [4.69, 9.17) is 5.73 Å². The van der Waals surface area contributed by atoms with Gasteiger partial charge in [-0.15, -0.1) is 0 Å². The van der Waals surface area contributed by atoms with E-state index < -0.39 is 0 Å². The molecule has 0 saturated carbocycles. The maximum Gasteiger partial charge on any atom is 0.248 e. The number of hydrogen-bond donors (Lipinski definition) is 1. The van der Waals surface area contributed by atoms with Crippen molar-refractivity contribution in [2.24, 2.45) is 5.73 Å². The summed E-state index contributed by atoms with van der Waals surface area (Å²) in [7, 11) is 0. The highest BCUT2D eigenvalue weighted by Gasteiger charge is 2.00. The van der Waals surface area contributed by atoms with Gasteiger partial charge in [0.25, 0.3) is 0 Å². The van der Waals surface area contributed by atoms with E-state index in [-0.39, 0.29) is 5.91 Å². The van der Waals surface area contributed by atoms with Crippen LogP contribution in [0.4, 0.5) is 0 Å². The lowest BCUT2D eigenvalue weighted by molar-refractivity contribution is 0.1000. The largest absolute Gasteiger partial charge is 0.366 e. The molecular formula is C13H21NO. The maximum atomic E-state index is 10.7. The van der Waals surface area contributed by atoms with Crippen molar-refractivity contribution in [3.63, 3.8) is 0 Å². The number of nitrogens with two attached hydrogens (primary N) is 1. The summed E-state index contributed by atoms with van der Waals surface area (Å²) < 4.78 is 0. The number of benzene rings is 1. The molecule has 0 aliphatic heterocycles. The number of unbranched alkanes of at least 4 members (excludes halogenated alkanes) is 1. The van der Waals surface area contributed by atoms with Gasteiger partial charge < -0.3 is 5.73 Å². The molecule has 2 N–H and O–H groups in total. The lowest BCUT2D eigenvalue weighted by Gasteiger charge is -2.00. The average Bonchev–Trinajstić information content (AvgIpc) is 2.22. The van der Waals surface area contributed by atoms with Gasteiger partial charge >= 0.3 is 0 Å². The second-order valence-corrected chi connectivity index (χ2v) is 3.66. The molecule has 0 unspecified atom stereocenters. The van der Waals surface area contributed by atoms with Crippen LogP contribution in [0.1, 0.15) is 48.2 Å². The van der Waals surface area contributed by atoms with Crippen LogP contribution >= 0.6 is 0 Å². The van der Waals surface area contributed by atoms with Gasteiger partial charge in [-0.2, -0.15) is 0 Å². The topological polar surface area (TPSA) is 43.1 Å². The summed E-state index contributed by atoms with van der Waals surface area (Å²) in [5.41, 5.74) is 7.95. The van der Waals surface area contributed by atoms with Crippen molar-refractivity contribution in [2.45, 2.75) is 40.5 Å². The van der Waals surface area contributed by atoms with Crippen LogP contribution in [0.15, 0.2) is 18.2 Å². The van der Waals surface area contributed by atoms with Crippen molar-refractivity contribution in [3.8, 4) is 0 Å². The van der Waals surface area contributed by atoms with E-state index in [9.17, 15) is 4.79 Å². The molecule has 2 nitrogen and oxygen atoms in total. The monoisotopic (exact) mass is 207 g/mol. The van der Waals surface area contributed by atoms with Gasteiger partial charge in [-0.1, -0.05) is 32.8 Å². The van der Waals surface area contributed by atoms with Crippen LogP contribution in [0.5, 0.6) is 0 Å². The van der Waals surface area contributed by atoms with Gasteiger partial charge in [-0.3, -0.25) is 4.79 Å². The molecular weight excluding hydrogens is 186 g/mol. The second-order valence-electron chi connectivity index (χ2n) is 3.66. The highest BCUT2D eigenvalue weighted by atomic mass is 16.1. The van der Waals surface area contributed by atoms with Crippen molar-refractivity contribution in [1.29, 1.82) is 0 Å². The average molecular weight is 207 g/mol. The molecule has 0 spiro atoms. The lowest BCUT2D eigenvalue weighted by atomic mass is 10.1. The predicted molar refractivity (Wildman–Crippen MR) is 65.0 cm³/mol. The molecule has 0 saturated heterocycles. The van der Waals surface area contributed by atoms with E-state index in [1.54, 1.807) is 12.1 Å². The molecule has 1 amide bonds. The molecule has 0 bridgehead atoms. The third kappa shape index (κ3) is 5.21. The molecule has 1 rings (SSSR count). The summed E-state index contributed by atoms with van der Waals surface area (Å²) in [6.07, 6.45) is 2.64. The molecule has 0 radical (unpaired) electrons. The Morgan fingerprint density at radius 3 is 2.00 bits per heavy atom. The molecule has 1 aromatic carbocycles. The Labute approximate surface area is 92.5 Å². The van der Waals surface area contributed by atoms with Crippen LogP contribution in [0, 0.1) is 13.8 Å². The summed E-state index contributed by atoms with van der Waals surface area (Å²) in [4.78, 5) is 10.7. The number of rotatable bonds is 2. The van der Waals surface area contributed by atoms with Gasteiger partial charge in [0.2, 0.25) is 5.91 Å². The van der Waals surface area contributed by atoms with Crippen molar-refractivity contribution < 1.29 is 4.79 Å². The van der Waals surface area contributed by atoms with E-state index in [0.29, 0.717) is 5.56 Å². The Hall–Kier alpha value is -1.31. The molecule has 1 aromatic rings. The van der Waals surface area contributed by atoms with Gasteiger partial charge in [0.15, 0.2) is 0 Å². The highest BCUT2D eigenvalue weighted by molar-refractivity contribution is 5.92. The number of carbonyl (C=O) groups excluding carboxylic acids is 1. The molecule has 84 valence electrons. The van der Waals surface area contributed by atoms with E-state index in [2.05, 4.69) is 13.8 Å². The van der Waals surface area contributed by atoms with Crippen LogP contribution in [0.3, 0.4) is 0 Å². The van der Waals surface area contributed by atoms with Crippen LogP contribution in [0.25, 0.3) is 0 Å². The Bertz CT molecular complexity index is 316. The summed E-state index contributed by atoms with van der Waals surface area (Å²) in [6, 6.07) is 5.44. The second kappa shape index (κ2) is 7.04. The Balaban J connectivity index is 0.000000423. The fourth-order valence-corrected chi connectivity index (χ4v) is 0.895.